The average Bonchev–Trinajstić information content (AvgIpc) is 3.32. The maximum Gasteiger partial charge on any atom is 0.268 e. The lowest BCUT2D eigenvalue weighted by atomic mass is 10.1. The molecule has 0 spiro atoms. The fourth-order valence-corrected chi connectivity index (χ4v) is 2.74. The number of hydrogen-bond donors (Lipinski definition) is 2. The summed E-state index contributed by atoms with van der Waals surface area (Å²) < 4.78 is 1.35. The highest BCUT2D eigenvalue weighted by molar-refractivity contribution is 5.43. The van der Waals surface area contributed by atoms with Gasteiger partial charge >= 0.3 is 0 Å². The molecular formula is C15H24N4O2. The van der Waals surface area contributed by atoms with Gasteiger partial charge in [0, 0.05) is 31.7 Å². The van der Waals surface area contributed by atoms with Crippen molar-refractivity contribution in [1.82, 2.24) is 15.1 Å². The summed E-state index contributed by atoms with van der Waals surface area (Å²) in [5, 5.41) is 17.4. The standard InChI is InChI=1S/C15H24N4O2/c20-14(10-16-12-4-5-12)11-19-15(21)8-13(9-17-19)18-6-2-1-3-7-18/h8-9,12,14,16,20H,1-7,10-11H2. The lowest BCUT2D eigenvalue weighted by Gasteiger charge is -2.28. The first-order valence-electron chi connectivity index (χ1n) is 7.96. The minimum absolute atomic E-state index is 0.136. The zero-order valence-corrected chi connectivity index (χ0v) is 12.4. The third-order valence-corrected chi connectivity index (χ3v) is 4.18. The van der Waals surface area contributed by atoms with Gasteiger partial charge in [-0.2, -0.15) is 5.10 Å². The topological polar surface area (TPSA) is 70.4 Å². The number of aliphatic hydroxyl groups is 1. The molecule has 0 radical (unpaired) electrons. The van der Waals surface area contributed by atoms with Crippen LogP contribution in [0.2, 0.25) is 0 Å². The largest absolute Gasteiger partial charge is 0.390 e. The first-order chi connectivity index (χ1) is 10.2. The van der Waals surface area contributed by atoms with E-state index in [0.29, 0.717) is 12.6 Å². The normalized spacial score (nSPS) is 20.5. The summed E-state index contributed by atoms with van der Waals surface area (Å²) >= 11 is 0. The first-order valence-corrected chi connectivity index (χ1v) is 7.96. The van der Waals surface area contributed by atoms with Crippen LogP contribution in [0, 0.1) is 0 Å². The van der Waals surface area contributed by atoms with Crippen molar-refractivity contribution in [2.45, 2.75) is 50.8 Å². The van der Waals surface area contributed by atoms with Gasteiger partial charge in [-0.15, -0.1) is 0 Å². The van der Waals surface area contributed by atoms with Crippen molar-refractivity contribution in [2.24, 2.45) is 0 Å². The van der Waals surface area contributed by atoms with Gasteiger partial charge in [-0.1, -0.05) is 0 Å². The molecule has 1 unspecified atom stereocenters. The van der Waals surface area contributed by atoms with E-state index in [1.54, 1.807) is 12.3 Å². The van der Waals surface area contributed by atoms with Gasteiger partial charge in [0.25, 0.3) is 5.56 Å². The summed E-state index contributed by atoms with van der Waals surface area (Å²) in [4.78, 5) is 14.3. The monoisotopic (exact) mass is 292 g/mol. The Kier molecular flexibility index (Phi) is 4.55. The molecule has 1 aliphatic carbocycles. The molecule has 2 heterocycles. The van der Waals surface area contributed by atoms with E-state index in [2.05, 4.69) is 15.3 Å². The molecule has 21 heavy (non-hydrogen) atoms. The molecule has 6 heteroatoms. The Bertz CT molecular complexity index is 521. The van der Waals surface area contributed by atoms with E-state index in [1.807, 2.05) is 0 Å². The molecular weight excluding hydrogens is 268 g/mol. The Labute approximate surface area is 124 Å². The van der Waals surface area contributed by atoms with E-state index in [-0.39, 0.29) is 12.1 Å². The molecule has 0 bridgehead atoms. The van der Waals surface area contributed by atoms with Crippen molar-refractivity contribution < 1.29 is 5.11 Å². The Hall–Kier alpha value is -1.40. The number of rotatable bonds is 6. The van der Waals surface area contributed by atoms with E-state index < -0.39 is 6.10 Å². The Morgan fingerprint density at radius 2 is 2.10 bits per heavy atom. The van der Waals surface area contributed by atoms with E-state index in [0.717, 1.165) is 18.8 Å². The van der Waals surface area contributed by atoms with Gasteiger partial charge in [0.15, 0.2) is 0 Å². The summed E-state index contributed by atoms with van der Waals surface area (Å²) in [6, 6.07) is 2.20. The highest BCUT2D eigenvalue weighted by atomic mass is 16.3. The second-order valence-electron chi connectivity index (χ2n) is 6.12. The molecule has 1 saturated heterocycles. The highest BCUT2D eigenvalue weighted by Gasteiger charge is 2.21. The molecule has 1 aromatic rings. The summed E-state index contributed by atoms with van der Waals surface area (Å²) in [6.45, 7) is 2.77. The highest BCUT2D eigenvalue weighted by Crippen LogP contribution is 2.18. The second-order valence-corrected chi connectivity index (χ2v) is 6.12. The summed E-state index contributed by atoms with van der Waals surface area (Å²) in [5.74, 6) is 0. The molecule has 2 N–H and O–H groups in total. The van der Waals surface area contributed by atoms with Crippen molar-refractivity contribution in [3.8, 4) is 0 Å². The Morgan fingerprint density at radius 1 is 1.33 bits per heavy atom. The van der Waals surface area contributed by atoms with Crippen LogP contribution in [0.15, 0.2) is 17.1 Å². The van der Waals surface area contributed by atoms with Crippen LogP contribution in [0.3, 0.4) is 0 Å². The summed E-state index contributed by atoms with van der Waals surface area (Å²) in [5.41, 5.74) is 0.769. The van der Waals surface area contributed by atoms with Crippen LogP contribution in [0.1, 0.15) is 32.1 Å². The van der Waals surface area contributed by atoms with E-state index in [1.165, 1.54) is 36.8 Å². The molecule has 1 aromatic heterocycles. The van der Waals surface area contributed by atoms with Crippen LogP contribution < -0.4 is 15.8 Å². The minimum atomic E-state index is -0.573. The molecule has 0 aromatic carbocycles. The molecule has 3 rings (SSSR count). The maximum absolute atomic E-state index is 12.1. The molecule has 116 valence electrons. The van der Waals surface area contributed by atoms with Crippen molar-refractivity contribution >= 4 is 5.69 Å². The molecule has 2 aliphatic rings. The molecule has 1 aliphatic heterocycles. The zero-order valence-electron chi connectivity index (χ0n) is 12.4. The van der Waals surface area contributed by atoms with Gasteiger partial charge < -0.3 is 15.3 Å². The number of hydrogen-bond acceptors (Lipinski definition) is 5. The van der Waals surface area contributed by atoms with E-state index >= 15 is 0 Å². The summed E-state index contributed by atoms with van der Waals surface area (Å²) in [6.07, 6.45) is 7.17. The molecule has 0 amide bonds. The lowest BCUT2D eigenvalue weighted by molar-refractivity contribution is 0.144. The van der Waals surface area contributed by atoms with Crippen LogP contribution >= 0.6 is 0 Å². The Morgan fingerprint density at radius 3 is 2.76 bits per heavy atom. The Balaban J connectivity index is 1.59. The zero-order chi connectivity index (χ0) is 14.7. The fourth-order valence-electron chi connectivity index (χ4n) is 2.74. The first kappa shape index (κ1) is 14.5. The van der Waals surface area contributed by atoms with Crippen LogP contribution in [0.5, 0.6) is 0 Å². The van der Waals surface area contributed by atoms with Crippen LogP contribution in [-0.4, -0.2) is 46.7 Å². The number of aliphatic hydroxyl groups excluding tert-OH is 1. The van der Waals surface area contributed by atoms with Gasteiger partial charge in [-0.3, -0.25) is 4.79 Å². The SMILES string of the molecule is O=c1cc(N2CCCCC2)cnn1CC(O)CNC1CC1. The number of aromatic nitrogens is 2. The van der Waals surface area contributed by atoms with E-state index in [4.69, 9.17) is 0 Å². The van der Waals surface area contributed by atoms with Gasteiger partial charge in [0.1, 0.15) is 0 Å². The number of anilines is 1. The third kappa shape index (κ3) is 4.04. The molecule has 6 nitrogen and oxygen atoms in total. The summed E-state index contributed by atoms with van der Waals surface area (Å²) in [7, 11) is 0. The van der Waals surface area contributed by atoms with Crippen molar-refractivity contribution in [2.75, 3.05) is 24.5 Å². The van der Waals surface area contributed by atoms with Crippen molar-refractivity contribution in [3.05, 3.63) is 22.6 Å². The fraction of sp³-hybridized carbons (Fsp3) is 0.733. The van der Waals surface area contributed by atoms with E-state index in [9.17, 15) is 9.90 Å². The predicted octanol–water partition coefficient (Wildman–Crippen LogP) is 0.347. The lowest BCUT2D eigenvalue weighted by Crippen LogP contribution is -2.36. The van der Waals surface area contributed by atoms with Gasteiger partial charge in [0.2, 0.25) is 0 Å². The molecule has 1 saturated carbocycles. The number of piperidine rings is 1. The van der Waals surface area contributed by atoms with Crippen LogP contribution in [0.25, 0.3) is 0 Å². The maximum atomic E-state index is 12.1. The molecule has 2 fully saturated rings. The predicted molar refractivity (Wildman–Crippen MR) is 81.6 cm³/mol. The van der Waals surface area contributed by atoms with Gasteiger partial charge in [-0.25, -0.2) is 4.68 Å². The van der Waals surface area contributed by atoms with Crippen molar-refractivity contribution in [3.63, 3.8) is 0 Å². The molecule has 1 atom stereocenters. The van der Waals surface area contributed by atoms with Gasteiger partial charge in [-0.05, 0) is 32.1 Å². The third-order valence-electron chi connectivity index (χ3n) is 4.18. The second kappa shape index (κ2) is 6.58. The number of nitrogens with one attached hydrogen (secondary N) is 1. The van der Waals surface area contributed by atoms with Crippen LogP contribution in [0.4, 0.5) is 5.69 Å². The average molecular weight is 292 g/mol. The van der Waals surface area contributed by atoms with Crippen LogP contribution in [-0.2, 0) is 6.54 Å². The number of nitrogens with zero attached hydrogens (tertiary/aromatic N) is 3. The minimum Gasteiger partial charge on any atom is -0.390 e. The smallest absolute Gasteiger partial charge is 0.268 e. The quantitative estimate of drug-likeness (QED) is 0.791. The van der Waals surface area contributed by atoms with Gasteiger partial charge in [0.05, 0.1) is 24.5 Å². The van der Waals surface area contributed by atoms with Crippen molar-refractivity contribution in [1.29, 1.82) is 0 Å².